The molecular formula is C28H35N5O2. The van der Waals surface area contributed by atoms with E-state index in [-0.39, 0.29) is 12.5 Å². The van der Waals surface area contributed by atoms with E-state index in [4.69, 9.17) is 4.98 Å². The van der Waals surface area contributed by atoms with Crippen LogP contribution >= 0.6 is 0 Å². The van der Waals surface area contributed by atoms with E-state index >= 15 is 0 Å². The lowest BCUT2D eigenvalue weighted by Crippen LogP contribution is -2.38. The molecule has 184 valence electrons. The van der Waals surface area contributed by atoms with E-state index in [0.717, 1.165) is 79.5 Å². The third-order valence-corrected chi connectivity index (χ3v) is 7.42. The van der Waals surface area contributed by atoms with Crippen LogP contribution in [0.3, 0.4) is 0 Å². The number of hydrogen-bond donors (Lipinski definition) is 2. The van der Waals surface area contributed by atoms with Crippen LogP contribution in [0.1, 0.15) is 59.9 Å². The predicted molar refractivity (Wildman–Crippen MR) is 137 cm³/mol. The first-order valence-electron chi connectivity index (χ1n) is 12.8. The topological polar surface area (TPSA) is 83.3 Å². The number of pyridine rings is 1. The van der Waals surface area contributed by atoms with Gasteiger partial charge in [0.25, 0.3) is 0 Å². The number of fused-ring (bicyclic) bond motifs is 1. The van der Waals surface area contributed by atoms with Gasteiger partial charge in [0.15, 0.2) is 0 Å². The van der Waals surface area contributed by atoms with Crippen LogP contribution in [-0.2, 0) is 17.6 Å². The monoisotopic (exact) mass is 473 g/mol. The zero-order valence-electron chi connectivity index (χ0n) is 20.7. The van der Waals surface area contributed by atoms with Crippen molar-refractivity contribution in [2.24, 2.45) is 5.92 Å². The Morgan fingerprint density at radius 2 is 2.00 bits per heavy atom. The second-order valence-corrected chi connectivity index (χ2v) is 10.1. The number of rotatable bonds is 7. The average molecular weight is 474 g/mol. The molecule has 35 heavy (non-hydrogen) atoms. The summed E-state index contributed by atoms with van der Waals surface area (Å²) in [4.78, 5) is 19.0. The summed E-state index contributed by atoms with van der Waals surface area (Å²) in [5.41, 5.74) is 6.55. The molecule has 2 N–H and O–H groups in total. The molecule has 5 rings (SSSR count). The lowest BCUT2D eigenvalue weighted by atomic mass is 9.89. The Bertz CT molecular complexity index is 1200. The van der Waals surface area contributed by atoms with Crippen molar-refractivity contribution in [3.8, 4) is 5.69 Å². The van der Waals surface area contributed by atoms with Crippen molar-refractivity contribution < 1.29 is 9.90 Å². The smallest absolute Gasteiger partial charge is 0.305 e. The molecule has 3 aromatic rings. The van der Waals surface area contributed by atoms with Crippen LogP contribution in [0.2, 0.25) is 0 Å². The van der Waals surface area contributed by atoms with E-state index < -0.39 is 5.97 Å². The van der Waals surface area contributed by atoms with Gasteiger partial charge in [0.05, 0.1) is 17.8 Å². The van der Waals surface area contributed by atoms with Gasteiger partial charge in [0.1, 0.15) is 5.82 Å². The van der Waals surface area contributed by atoms with Crippen LogP contribution in [0, 0.1) is 19.8 Å². The van der Waals surface area contributed by atoms with Gasteiger partial charge in [-0.25, -0.2) is 9.67 Å². The van der Waals surface area contributed by atoms with Gasteiger partial charge in [0.2, 0.25) is 0 Å². The highest BCUT2D eigenvalue weighted by atomic mass is 16.4. The number of carboxylic acid groups (broad SMARTS) is 1. The third kappa shape index (κ3) is 5.40. The first-order chi connectivity index (χ1) is 17.0. The van der Waals surface area contributed by atoms with Crippen LogP contribution < -0.4 is 5.32 Å². The van der Waals surface area contributed by atoms with Gasteiger partial charge in [-0.05, 0) is 100 Å². The van der Waals surface area contributed by atoms with E-state index in [2.05, 4.69) is 45.6 Å². The van der Waals surface area contributed by atoms with Crippen molar-refractivity contribution in [2.45, 2.75) is 58.4 Å². The number of aryl methyl sites for hydroxylation is 3. The second-order valence-electron chi connectivity index (χ2n) is 10.1. The minimum absolute atomic E-state index is 0.100. The quantitative estimate of drug-likeness (QED) is 0.517. The summed E-state index contributed by atoms with van der Waals surface area (Å²) in [6, 6.07) is 14.5. The maximum atomic E-state index is 11.8. The van der Waals surface area contributed by atoms with Crippen LogP contribution in [0.4, 0.5) is 5.82 Å². The second kappa shape index (κ2) is 10.2. The van der Waals surface area contributed by atoms with E-state index in [9.17, 15) is 9.90 Å². The van der Waals surface area contributed by atoms with Gasteiger partial charge in [-0.1, -0.05) is 18.2 Å². The fourth-order valence-electron chi connectivity index (χ4n) is 5.62. The number of carboxylic acids is 1. The number of hydrogen-bond acceptors (Lipinski definition) is 5. The van der Waals surface area contributed by atoms with E-state index in [1.165, 1.54) is 12.0 Å². The van der Waals surface area contributed by atoms with Crippen molar-refractivity contribution in [3.63, 3.8) is 0 Å². The largest absolute Gasteiger partial charge is 0.481 e. The van der Waals surface area contributed by atoms with Crippen LogP contribution in [0.15, 0.2) is 42.5 Å². The Morgan fingerprint density at radius 1 is 1.17 bits per heavy atom. The summed E-state index contributed by atoms with van der Waals surface area (Å²) in [6.45, 7) is 6.83. The molecule has 0 radical (unpaired) electrons. The number of aromatic nitrogens is 3. The Morgan fingerprint density at radius 3 is 2.74 bits per heavy atom. The van der Waals surface area contributed by atoms with Gasteiger partial charge in [-0.15, -0.1) is 0 Å². The molecule has 7 heteroatoms. The molecule has 2 aliphatic heterocycles. The molecule has 1 atom stereocenters. The predicted octanol–water partition coefficient (Wildman–Crippen LogP) is 4.71. The molecule has 1 unspecified atom stereocenters. The minimum atomic E-state index is -0.764. The van der Waals surface area contributed by atoms with Gasteiger partial charge in [-0.3, -0.25) is 9.69 Å². The molecule has 0 amide bonds. The maximum Gasteiger partial charge on any atom is 0.305 e. The van der Waals surface area contributed by atoms with Crippen molar-refractivity contribution in [3.05, 3.63) is 70.7 Å². The number of anilines is 1. The summed E-state index contributed by atoms with van der Waals surface area (Å²) in [5, 5.41) is 17.7. The number of likely N-dealkylation sites (tertiary alicyclic amines) is 1. The van der Waals surface area contributed by atoms with Gasteiger partial charge >= 0.3 is 5.97 Å². The highest BCUT2D eigenvalue weighted by molar-refractivity contribution is 5.68. The number of nitrogens with zero attached hydrogens (tertiary/aromatic N) is 4. The zero-order chi connectivity index (χ0) is 24.4. The number of nitrogens with one attached hydrogen (secondary N) is 1. The Kier molecular flexibility index (Phi) is 6.86. The Hall–Kier alpha value is -3.19. The molecule has 2 aliphatic rings. The van der Waals surface area contributed by atoms with Crippen molar-refractivity contribution in [2.75, 3.05) is 25.0 Å². The summed E-state index contributed by atoms with van der Waals surface area (Å²) in [7, 11) is 0. The van der Waals surface area contributed by atoms with E-state index in [1.807, 2.05) is 30.7 Å². The zero-order valence-corrected chi connectivity index (χ0v) is 20.7. The lowest BCUT2D eigenvalue weighted by molar-refractivity contribution is -0.138. The summed E-state index contributed by atoms with van der Waals surface area (Å²) >= 11 is 0. The van der Waals surface area contributed by atoms with Gasteiger partial charge < -0.3 is 10.4 Å². The first-order valence-corrected chi connectivity index (χ1v) is 12.8. The molecule has 0 aliphatic carbocycles. The van der Waals surface area contributed by atoms with Crippen LogP contribution in [0.5, 0.6) is 0 Å². The molecule has 2 aromatic heterocycles. The highest BCUT2D eigenvalue weighted by Gasteiger charge is 2.28. The molecule has 7 nitrogen and oxygen atoms in total. The first kappa shape index (κ1) is 23.5. The molecule has 0 saturated carbocycles. The number of carbonyl (C=O) groups is 1. The summed E-state index contributed by atoms with van der Waals surface area (Å²) < 4.78 is 1.93. The molecule has 0 spiro atoms. The molecule has 1 fully saturated rings. The van der Waals surface area contributed by atoms with Crippen molar-refractivity contribution >= 4 is 11.8 Å². The summed E-state index contributed by atoms with van der Waals surface area (Å²) in [6.07, 6.45) is 5.48. The standard InChI is InChI=1S/C28H35N5O2/c1-19-15-20(2)33(31-19)25-7-3-5-23(17-25)26(18-27(34)35)32-13-10-21(11-14-32)16-24-9-8-22-6-4-12-29-28(22)30-24/h3,5,7-9,15,17,21,26H,4,6,10-14,16,18H2,1-2H3,(H,29,30)(H,34,35). The molecule has 4 heterocycles. The maximum absolute atomic E-state index is 11.8. The van der Waals surface area contributed by atoms with E-state index in [0.29, 0.717) is 5.92 Å². The lowest BCUT2D eigenvalue weighted by Gasteiger charge is -2.37. The molecule has 1 aromatic carbocycles. The number of piperidine rings is 1. The van der Waals surface area contributed by atoms with Gasteiger partial charge in [-0.2, -0.15) is 5.10 Å². The van der Waals surface area contributed by atoms with Crippen LogP contribution in [-0.4, -0.2) is 50.4 Å². The fourth-order valence-corrected chi connectivity index (χ4v) is 5.62. The summed E-state index contributed by atoms with van der Waals surface area (Å²) in [5.74, 6) is 0.876. The highest BCUT2D eigenvalue weighted by Crippen LogP contribution is 2.32. The van der Waals surface area contributed by atoms with Crippen molar-refractivity contribution in [1.82, 2.24) is 19.7 Å². The normalized spacial score (nSPS) is 17.5. The Balaban J connectivity index is 1.28. The number of benzene rings is 1. The molecule has 0 bridgehead atoms. The SMILES string of the molecule is Cc1cc(C)n(-c2cccc(C(CC(=O)O)N3CCC(Cc4ccc5c(n4)NCCC5)CC3)c2)n1. The van der Waals surface area contributed by atoms with E-state index in [1.54, 1.807) is 0 Å². The average Bonchev–Trinajstić information content (AvgIpc) is 3.21. The van der Waals surface area contributed by atoms with Crippen LogP contribution in [0.25, 0.3) is 5.69 Å². The minimum Gasteiger partial charge on any atom is -0.481 e. The van der Waals surface area contributed by atoms with Gasteiger partial charge in [0, 0.05) is 24.0 Å². The van der Waals surface area contributed by atoms with Crippen molar-refractivity contribution in [1.29, 1.82) is 0 Å². The molecular weight excluding hydrogens is 438 g/mol. The number of aliphatic carboxylic acids is 1. The molecule has 1 saturated heterocycles. The third-order valence-electron chi connectivity index (χ3n) is 7.42. The fraction of sp³-hybridized carbons (Fsp3) is 0.464. The Labute approximate surface area is 207 Å².